The lowest BCUT2D eigenvalue weighted by Crippen LogP contribution is -2.49. The quantitative estimate of drug-likeness (QED) is 0.412. The molecule has 1 aliphatic heterocycles. The van der Waals surface area contributed by atoms with Crippen molar-refractivity contribution in [3.63, 3.8) is 0 Å². The molecule has 0 bridgehead atoms. The Bertz CT molecular complexity index is 1510. The van der Waals surface area contributed by atoms with E-state index in [9.17, 15) is 18.0 Å². The highest BCUT2D eigenvalue weighted by Crippen LogP contribution is 2.33. The number of hydrogen-bond donors (Lipinski definition) is 1. The van der Waals surface area contributed by atoms with Gasteiger partial charge in [0, 0.05) is 29.3 Å². The molecule has 4 heterocycles. The molecule has 0 aliphatic carbocycles. The van der Waals surface area contributed by atoms with E-state index in [1.807, 2.05) is 0 Å². The highest BCUT2D eigenvalue weighted by atomic mass is 19.1. The second-order valence-electron chi connectivity index (χ2n) is 8.47. The molecule has 1 N–H and O–H groups in total. The lowest BCUT2D eigenvalue weighted by molar-refractivity contribution is -0.131. The fourth-order valence-corrected chi connectivity index (χ4v) is 4.39. The summed E-state index contributed by atoms with van der Waals surface area (Å²) in [6.07, 6.45) is 0.276. The summed E-state index contributed by atoms with van der Waals surface area (Å²) in [5, 5.41) is 15.2. The monoisotopic (exact) mass is 505 g/mol. The highest BCUT2D eigenvalue weighted by Gasteiger charge is 2.31. The molecule has 190 valence electrons. The molecule has 1 fully saturated rings. The van der Waals surface area contributed by atoms with E-state index in [1.54, 1.807) is 30.5 Å². The van der Waals surface area contributed by atoms with E-state index in [-0.39, 0.29) is 31.3 Å². The lowest BCUT2D eigenvalue weighted by Gasteiger charge is -2.34. The summed E-state index contributed by atoms with van der Waals surface area (Å²) < 4.78 is 71.6. The summed E-state index contributed by atoms with van der Waals surface area (Å²) >= 11 is 0. The van der Waals surface area contributed by atoms with Crippen molar-refractivity contribution in [1.82, 2.24) is 34.5 Å². The average Bonchev–Trinajstić information content (AvgIpc) is 3.53. The number of rotatable bonds is 7. The van der Waals surface area contributed by atoms with Crippen LogP contribution in [0.25, 0.3) is 27.7 Å². The van der Waals surface area contributed by atoms with Crippen molar-refractivity contribution in [1.29, 1.82) is 0 Å². The summed E-state index contributed by atoms with van der Waals surface area (Å²) in [4.78, 5) is 17.4. The molecular formula is C23H25F3N8O2. The minimum Gasteiger partial charge on any atom is -0.479 e. The van der Waals surface area contributed by atoms with Gasteiger partial charge >= 0.3 is 0 Å². The Morgan fingerprint density at radius 1 is 1.33 bits per heavy atom. The summed E-state index contributed by atoms with van der Waals surface area (Å²) in [6, 6.07) is 5.13. The van der Waals surface area contributed by atoms with E-state index < -0.39 is 44.4 Å². The topological polar surface area (TPSA) is 102 Å². The largest absolute Gasteiger partial charge is 0.479 e. The Labute approximate surface area is 208 Å². The van der Waals surface area contributed by atoms with E-state index in [0.717, 1.165) is 4.90 Å². The fourth-order valence-electron chi connectivity index (χ4n) is 4.39. The predicted octanol–water partition coefficient (Wildman–Crippen LogP) is 3.00. The van der Waals surface area contributed by atoms with Crippen LogP contribution in [0.1, 0.15) is 23.4 Å². The Morgan fingerprint density at radius 3 is 2.89 bits per heavy atom. The number of carbonyl (C=O) groups excluding carboxylic acids is 1. The number of halogens is 3. The third-order valence-electron chi connectivity index (χ3n) is 6.30. The Balaban J connectivity index is 1.42. The number of methoxy groups -OCH3 is 1. The maximum Gasteiger partial charge on any atom is 0.244 e. The van der Waals surface area contributed by atoms with Crippen LogP contribution in [0, 0.1) is 0 Å². The van der Waals surface area contributed by atoms with E-state index >= 15 is 0 Å². The van der Waals surface area contributed by atoms with Gasteiger partial charge in [0.2, 0.25) is 17.7 Å². The molecule has 10 nitrogen and oxygen atoms in total. The summed E-state index contributed by atoms with van der Waals surface area (Å²) in [7, 11) is 1.43. The number of amides is 1. The van der Waals surface area contributed by atoms with Crippen LogP contribution in [0.2, 0.25) is 0 Å². The minimum absolute atomic E-state index is 0.0714. The van der Waals surface area contributed by atoms with Crippen molar-refractivity contribution < 1.29 is 26.8 Å². The first kappa shape index (κ1) is 20.3. The molecule has 1 aliphatic rings. The standard InChI is InChI=1S/C23H25F3N8O2/c1-13(35)32-7-6-18(17(26)12-32)27-23-28-22(36-2)21-16(5-8-33(21)30-23)14-3-4-19-20(9-14)34(31-29-19)15(10-24)11-25/h3-5,8-9,15,17-18H,6-7,10-12H2,1-2H3,(H,27,30)/t17-,18+/m1/s1/i1D3. The molecule has 3 aromatic heterocycles. The van der Waals surface area contributed by atoms with Crippen molar-refractivity contribution in [3.8, 4) is 17.0 Å². The molecule has 5 rings (SSSR count). The van der Waals surface area contributed by atoms with Crippen molar-refractivity contribution >= 4 is 28.4 Å². The van der Waals surface area contributed by atoms with Crippen LogP contribution < -0.4 is 10.1 Å². The Morgan fingerprint density at radius 2 is 2.17 bits per heavy atom. The SMILES string of the molecule is [2H]C([2H])([2H])C(=O)N1CC[C@H](Nc2nc(OC)c3c(-c4ccc5nnn(C(CF)CF)c5c4)ccn3n2)[C@H](F)C1. The molecule has 1 aromatic carbocycles. The Kier molecular flexibility index (Phi) is 5.43. The number of benzene rings is 1. The van der Waals surface area contributed by atoms with Gasteiger partial charge < -0.3 is 15.0 Å². The summed E-state index contributed by atoms with van der Waals surface area (Å²) in [5.41, 5.74) is 2.80. The third kappa shape index (κ3) is 4.18. The zero-order valence-electron chi connectivity index (χ0n) is 22.2. The van der Waals surface area contributed by atoms with Crippen molar-refractivity contribution in [3.05, 3.63) is 30.5 Å². The van der Waals surface area contributed by atoms with Crippen LogP contribution in [-0.4, -0.2) is 86.2 Å². The first-order valence-electron chi connectivity index (χ1n) is 12.7. The number of hydrogen-bond acceptors (Lipinski definition) is 7. The van der Waals surface area contributed by atoms with Gasteiger partial charge in [-0.2, -0.15) is 4.98 Å². The van der Waals surface area contributed by atoms with Crippen molar-refractivity contribution in [2.24, 2.45) is 0 Å². The molecular weight excluding hydrogens is 477 g/mol. The van der Waals surface area contributed by atoms with Crippen LogP contribution in [0.4, 0.5) is 19.1 Å². The van der Waals surface area contributed by atoms with Gasteiger partial charge in [0.15, 0.2) is 0 Å². The number of piperidine rings is 1. The molecule has 0 radical (unpaired) electrons. The minimum atomic E-state index is -2.82. The number of ether oxygens (including phenoxy) is 1. The van der Waals surface area contributed by atoms with Gasteiger partial charge in [-0.3, -0.25) is 4.79 Å². The summed E-state index contributed by atoms with van der Waals surface area (Å²) in [5.74, 6) is -0.809. The Hall–Kier alpha value is -3.90. The third-order valence-corrected chi connectivity index (χ3v) is 6.30. The zero-order valence-corrected chi connectivity index (χ0v) is 19.2. The van der Waals surface area contributed by atoms with E-state index in [4.69, 9.17) is 8.85 Å². The molecule has 0 unspecified atom stereocenters. The van der Waals surface area contributed by atoms with Gasteiger partial charge in [0.1, 0.15) is 36.6 Å². The average molecular weight is 506 g/mol. The molecule has 1 saturated heterocycles. The van der Waals surface area contributed by atoms with Gasteiger partial charge in [-0.15, -0.1) is 10.2 Å². The second-order valence-corrected chi connectivity index (χ2v) is 8.47. The van der Waals surface area contributed by atoms with Crippen LogP contribution in [0.3, 0.4) is 0 Å². The van der Waals surface area contributed by atoms with Gasteiger partial charge in [0.25, 0.3) is 0 Å². The van der Waals surface area contributed by atoms with E-state index in [0.29, 0.717) is 27.7 Å². The lowest BCUT2D eigenvalue weighted by atomic mass is 10.0. The number of nitrogens with zero attached hydrogens (tertiary/aromatic N) is 7. The molecule has 1 amide bonds. The smallest absolute Gasteiger partial charge is 0.244 e. The van der Waals surface area contributed by atoms with Crippen LogP contribution in [-0.2, 0) is 4.79 Å². The van der Waals surface area contributed by atoms with Crippen molar-refractivity contribution in [2.45, 2.75) is 31.5 Å². The van der Waals surface area contributed by atoms with Crippen LogP contribution in [0.5, 0.6) is 5.88 Å². The number of likely N-dealkylation sites (tertiary alicyclic amines) is 1. The molecule has 36 heavy (non-hydrogen) atoms. The number of nitrogens with one attached hydrogen (secondary N) is 1. The maximum atomic E-state index is 14.9. The second kappa shape index (κ2) is 9.63. The number of alkyl halides is 3. The van der Waals surface area contributed by atoms with Crippen LogP contribution in [0.15, 0.2) is 30.5 Å². The fraction of sp³-hybridized carbons (Fsp3) is 0.435. The first-order valence-corrected chi connectivity index (χ1v) is 11.2. The summed E-state index contributed by atoms with van der Waals surface area (Å²) in [6.45, 7) is -4.97. The molecule has 4 aromatic rings. The number of carbonyl (C=O) groups is 1. The van der Waals surface area contributed by atoms with E-state index in [1.165, 1.54) is 16.3 Å². The molecule has 2 atom stereocenters. The predicted molar refractivity (Wildman–Crippen MR) is 126 cm³/mol. The van der Waals surface area contributed by atoms with Crippen LogP contribution >= 0.6 is 0 Å². The molecule has 0 spiro atoms. The number of anilines is 1. The normalized spacial score (nSPS) is 19.9. The van der Waals surface area contributed by atoms with Gasteiger partial charge in [-0.05, 0) is 30.2 Å². The first-order chi connectivity index (χ1) is 18.6. The maximum absolute atomic E-state index is 14.9. The van der Waals surface area contributed by atoms with Gasteiger partial charge in [-0.25, -0.2) is 22.4 Å². The zero-order chi connectivity index (χ0) is 27.9. The number of fused-ring (bicyclic) bond motifs is 2. The highest BCUT2D eigenvalue weighted by molar-refractivity contribution is 5.89. The molecule has 0 saturated carbocycles. The number of aromatic nitrogens is 6. The van der Waals surface area contributed by atoms with E-state index in [2.05, 4.69) is 25.7 Å². The molecule has 13 heteroatoms. The van der Waals surface area contributed by atoms with Gasteiger partial charge in [-0.1, -0.05) is 11.3 Å². The van der Waals surface area contributed by atoms with Gasteiger partial charge in [0.05, 0.1) is 25.2 Å². The van der Waals surface area contributed by atoms with Crippen molar-refractivity contribution in [2.75, 3.05) is 38.9 Å².